The Bertz CT molecular complexity index is 1260. The number of carbonyl (C=O) groups is 3. The Kier molecular flexibility index (Phi) is 9.45. The van der Waals surface area contributed by atoms with E-state index in [9.17, 15) is 50.1 Å². The Morgan fingerprint density at radius 1 is 0.949 bits per heavy atom. The molecule has 210 valence electrons. The molecule has 0 aliphatic carbocycles. The van der Waals surface area contributed by atoms with Crippen LogP contribution in [0.4, 0.5) is 5.69 Å². The lowest BCUT2D eigenvalue weighted by Gasteiger charge is -2.39. The number of aryl methyl sites for hydroxylation is 1. The number of carboxylic acids is 1. The number of aliphatic hydroxyl groups excluding tert-OH is 4. The molecule has 2 aromatic carbocycles. The Balaban J connectivity index is 1.78. The minimum Gasteiger partial charge on any atom is -0.508 e. The van der Waals surface area contributed by atoms with Crippen LogP contribution in [0.2, 0.25) is 0 Å². The monoisotopic (exact) mass is 549 g/mol. The van der Waals surface area contributed by atoms with Crippen LogP contribution in [0.5, 0.6) is 23.0 Å². The number of carboxylic acid groups (broad SMARTS) is 1. The molecule has 14 heteroatoms. The van der Waals surface area contributed by atoms with Gasteiger partial charge in [-0.15, -0.1) is 0 Å². The maximum Gasteiger partial charge on any atom is 0.328 e. The van der Waals surface area contributed by atoms with Crippen LogP contribution in [-0.2, 0) is 20.7 Å². The van der Waals surface area contributed by atoms with Gasteiger partial charge in [-0.2, -0.15) is 0 Å². The minimum atomic E-state index is -1.81. The molecule has 0 saturated carbocycles. The van der Waals surface area contributed by atoms with Crippen LogP contribution in [0.3, 0.4) is 0 Å². The van der Waals surface area contributed by atoms with Crippen molar-refractivity contribution in [3.8, 4) is 23.0 Å². The van der Waals surface area contributed by atoms with Crippen molar-refractivity contribution in [3.05, 3.63) is 53.6 Å². The van der Waals surface area contributed by atoms with E-state index < -0.39 is 77.8 Å². The molecule has 2 aromatic rings. The van der Waals surface area contributed by atoms with Gasteiger partial charge < -0.3 is 55.6 Å². The summed E-state index contributed by atoms with van der Waals surface area (Å²) in [6.45, 7) is -0.729. The van der Waals surface area contributed by atoms with Gasteiger partial charge in [-0.3, -0.25) is 9.59 Å². The molecule has 1 fully saturated rings. The number of Topliss-reactive ketones (excluding diaryl/α,β-unsaturated/α-hetero) is 1. The fourth-order valence-electron chi connectivity index (χ4n) is 3.79. The van der Waals surface area contributed by atoms with E-state index in [1.54, 1.807) is 0 Å². The van der Waals surface area contributed by atoms with Gasteiger partial charge in [-0.25, -0.2) is 4.79 Å². The lowest BCUT2D eigenvalue weighted by molar-refractivity contribution is -0.277. The topological polar surface area (TPSA) is 244 Å². The highest BCUT2D eigenvalue weighted by Crippen LogP contribution is 2.36. The van der Waals surface area contributed by atoms with Crippen LogP contribution in [0.25, 0.3) is 0 Å². The standard InChI is InChI=1S/C25H27NO13/c27-10-18-22(35)23(36)24(37)25(39-18)38-17-9-12(28)8-16(31)21(17)15(30)4-2-11-1-3-14(29)13(7-11)26-19(32)5-6-20(33)34/h1,3,5-9,18,22-25,27-29,31,35-37H,2,4,10H2,(H,26,32)(H,33,34)/b6-5+/t18-,22+,23-,24-,25+/m1/s1. The fourth-order valence-corrected chi connectivity index (χ4v) is 3.79. The maximum absolute atomic E-state index is 13.1. The number of aliphatic carboxylic acids is 1. The maximum atomic E-state index is 13.1. The Morgan fingerprint density at radius 2 is 1.67 bits per heavy atom. The molecule has 1 aliphatic rings. The van der Waals surface area contributed by atoms with Gasteiger partial charge in [0.1, 0.15) is 53.0 Å². The number of nitrogens with one attached hydrogen (secondary N) is 1. The van der Waals surface area contributed by atoms with Gasteiger partial charge in [0, 0.05) is 30.7 Å². The normalized spacial score (nSPS) is 22.9. The molecule has 3 rings (SSSR count). The van der Waals surface area contributed by atoms with Gasteiger partial charge in [0.05, 0.1) is 12.3 Å². The molecule has 14 nitrogen and oxygen atoms in total. The van der Waals surface area contributed by atoms with E-state index in [0.717, 1.165) is 18.2 Å². The van der Waals surface area contributed by atoms with Crippen LogP contribution < -0.4 is 10.1 Å². The van der Waals surface area contributed by atoms with Gasteiger partial charge >= 0.3 is 5.97 Å². The summed E-state index contributed by atoms with van der Waals surface area (Å²) in [5, 5.41) is 80.7. The SMILES string of the molecule is O=C(O)/C=C/C(=O)Nc1cc(CCC(=O)c2c(O)cc(O)cc2O[C@H]2O[C@H](CO)[C@H](O)[C@@H](O)[C@H]2O)ccc1O. The number of phenolic OH excluding ortho intramolecular Hbond substituents is 3. The summed E-state index contributed by atoms with van der Waals surface area (Å²) in [6, 6.07) is 5.92. The number of hydrogen-bond acceptors (Lipinski definition) is 12. The van der Waals surface area contributed by atoms with Crippen LogP contribution in [-0.4, -0.2) is 95.8 Å². The van der Waals surface area contributed by atoms with Gasteiger partial charge in [0.15, 0.2) is 5.78 Å². The second-order valence-corrected chi connectivity index (χ2v) is 8.59. The van der Waals surface area contributed by atoms with Crippen molar-refractivity contribution >= 4 is 23.3 Å². The lowest BCUT2D eigenvalue weighted by Crippen LogP contribution is -2.60. The zero-order chi connectivity index (χ0) is 28.9. The number of rotatable bonds is 10. The van der Waals surface area contributed by atoms with Crippen LogP contribution in [0, 0.1) is 0 Å². The number of ether oxygens (including phenoxy) is 2. The number of phenols is 3. The van der Waals surface area contributed by atoms with Crippen molar-refractivity contribution in [2.24, 2.45) is 0 Å². The van der Waals surface area contributed by atoms with E-state index in [2.05, 4.69) is 5.32 Å². The van der Waals surface area contributed by atoms with Crippen molar-refractivity contribution in [1.29, 1.82) is 0 Å². The predicted molar refractivity (Wildman–Crippen MR) is 130 cm³/mol. The second-order valence-electron chi connectivity index (χ2n) is 8.59. The third-order valence-electron chi connectivity index (χ3n) is 5.77. The molecule has 0 aromatic heterocycles. The summed E-state index contributed by atoms with van der Waals surface area (Å²) in [5.74, 6) is -4.73. The highest BCUT2D eigenvalue weighted by molar-refractivity contribution is 6.03. The van der Waals surface area contributed by atoms with Crippen LogP contribution in [0.15, 0.2) is 42.5 Å². The summed E-state index contributed by atoms with van der Waals surface area (Å²) < 4.78 is 10.7. The Morgan fingerprint density at radius 3 is 2.33 bits per heavy atom. The van der Waals surface area contributed by atoms with Crippen LogP contribution in [0.1, 0.15) is 22.3 Å². The van der Waals surface area contributed by atoms with Gasteiger partial charge in [0.25, 0.3) is 0 Å². The molecule has 1 aliphatic heterocycles. The first kappa shape index (κ1) is 29.3. The number of ketones is 1. The first-order valence-electron chi connectivity index (χ1n) is 11.5. The van der Waals surface area contributed by atoms with Crippen molar-refractivity contribution in [2.75, 3.05) is 11.9 Å². The summed E-state index contributed by atoms with van der Waals surface area (Å²) in [6.07, 6.45) is -7.08. The lowest BCUT2D eigenvalue weighted by atomic mass is 9.98. The van der Waals surface area contributed by atoms with Crippen molar-refractivity contribution < 1.29 is 64.7 Å². The quantitative estimate of drug-likeness (QED) is 0.102. The van der Waals surface area contributed by atoms with Crippen molar-refractivity contribution in [2.45, 2.75) is 43.5 Å². The number of carbonyl (C=O) groups excluding carboxylic acids is 2. The number of anilines is 1. The Labute approximate surface area is 220 Å². The molecule has 0 bridgehead atoms. The van der Waals surface area contributed by atoms with Crippen LogP contribution >= 0.6 is 0 Å². The summed E-state index contributed by atoms with van der Waals surface area (Å²) in [7, 11) is 0. The summed E-state index contributed by atoms with van der Waals surface area (Å²) in [5.41, 5.74) is 0.0308. The number of benzene rings is 2. The number of aromatic hydroxyl groups is 3. The number of amides is 1. The molecule has 0 unspecified atom stereocenters. The largest absolute Gasteiger partial charge is 0.508 e. The molecule has 0 radical (unpaired) electrons. The van der Waals surface area contributed by atoms with E-state index >= 15 is 0 Å². The first-order valence-corrected chi connectivity index (χ1v) is 11.5. The van der Waals surface area contributed by atoms with E-state index in [4.69, 9.17) is 14.6 Å². The number of hydrogen-bond donors (Lipinski definition) is 9. The Hall–Kier alpha value is -4.21. The average Bonchev–Trinajstić information content (AvgIpc) is 2.87. The smallest absolute Gasteiger partial charge is 0.328 e. The van der Waals surface area contributed by atoms with Gasteiger partial charge in [-0.1, -0.05) is 6.07 Å². The van der Waals surface area contributed by atoms with Gasteiger partial charge in [-0.05, 0) is 24.1 Å². The van der Waals surface area contributed by atoms with E-state index in [1.165, 1.54) is 18.2 Å². The third kappa shape index (κ3) is 7.22. The molecule has 1 saturated heterocycles. The molecular weight excluding hydrogens is 522 g/mol. The first-order chi connectivity index (χ1) is 18.4. The molecule has 1 heterocycles. The summed E-state index contributed by atoms with van der Waals surface area (Å²) >= 11 is 0. The fraction of sp³-hybridized carbons (Fsp3) is 0.320. The molecule has 39 heavy (non-hydrogen) atoms. The highest BCUT2D eigenvalue weighted by Gasteiger charge is 2.45. The zero-order valence-corrected chi connectivity index (χ0v) is 20.2. The minimum absolute atomic E-state index is 0.0345. The molecule has 1 amide bonds. The molecule has 0 spiro atoms. The average molecular weight is 549 g/mol. The predicted octanol–water partition coefficient (Wildman–Crippen LogP) is -0.623. The second kappa shape index (κ2) is 12.6. The third-order valence-corrected chi connectivity index (χ3v) is 5.77. The van der Waals surface area contributed by atoms with E-state index in [1.807, 2.05) is 0 Å². The summed E-state index contributed by atoms with van der Waals surface area (Å²) in [4.78, 5) is 35.5. The van der Waals surface area contributed by atoms with E-state index in [0.29, 0.717) is 11.6 Å². The van der Waals surface area contributed by atoms with E-state index in [-0.39, 0.29) is 24.3 Å². The van der Waals surface area contributed by atoms with Crippen molar-refractivity contribution in [3.63, 3.8) is 0 Å². The number of aliphatic hydroxyl groups is 4. The van der Waals surface area contributed by atoms with Crippen molar-refractivity contribution in [1.82, 2.24) is 0 Å². The zero-order valence-electron chi connectivity index (χ0n) is 20.2. The highest BCUT2D eigenvalue weighted by atomic mass is 16.7. The molecular formula is C25H27NO13. The molecule has 9 N–H and O–H groups in total. The van der Waals surface area contributed by atoms with Gasteiger partial charge in [0.2, 0.25) is 12.2 Å². The molecule has 5 atom stereocenters.